The molecule has 3 rings (SSSR count). The van der Waals surface area contributed by atoms with Gasteiger partial charge in [-0.25, -0.2) is 0 Å². The van der Waals surface area contributed by atoms with Crippen molar-refractivity contribution in [3.05, 3.63) is 47.7 Å². The molecule has 2 atom stereocenters. The largest absolute Gasteiger partial charge is 0.339 e. The van der Waals surface area contributed by atoms with E-state index in [0.29, 0.717) is 23.5 Å². The van der Waals surface area contributed by atoms with Crippen molar-refractivity contribution >= 4 is 17.4 Å². The van der Waals surface area contributed by atoms with Crippen LogP contribution >= 0.6 is 0 Å². The van der Waals surface area contributed by atoms with Crippen molar-refractivity contribution in [3.8, 4) is 0 Å². The zero-order valence-electron chi connectivity index (χ0n) is 14.3. The Kier molecular flexibility index (Phi) is 4.76. The van der Waals surface area contributed by atoms with E-state index >= 15 is 0 Å². The van der Waals surface area contributed by atoms with E-state index in [1.165, 1.54) is 0 Å². The predicted molar refractivity (Wildman–Crippen MR) is 94.5 cm³/mol. The van der Waals surface area contributed by atoms with E-state index in [4.69, 9.17) is 0 Å². The van der Waals surface area contributed by atoms with E-state index in [1.54, 1.807) is 0 Å². The number of hydrogen-bond donors (Lipinski definition) is 2. The highest BCUT2D eigenvalue weighted by Gasteiger charge is 2.25. The molecule has 0 radical (unpaired) electrons. The van der Waals surface area contributed by atoms with Crippen molar-refractivity contribution in [2.45, 2.75) is 32.9 Å². The van der Waals surface area contributed by atoms with Crippen LogP contribution < -0.4 is 10.6 Å². The summed E-state index contributed by atoms with van der Waals surface area (Å²) in [5.74, 6) is 0.725. The van der Waals surface area contributed by atoms with Crippen molar-refractivity contribution in [1.82, 2.24) is 20.4 Å². The number of carbonyl (C=O) groups is 1. The van der Waals surface area contributed by atoms with Crippen molar-refractivity contribution in [1.29, 1.82) is 0 Å². The second-order valence-corrected chi connectivity index (χ2v) is 6.44. The Bertz CT molecular complexity index is 706. The second-order valence-electron chi connectivity index (χ2n) is 6.44. The minimum absolute atomic E-state index is 0.0637. The number of nitrogens with one attached hydrogen (secondary N) is 2. The zero-order chi connectivity index (χ0) is 17.1. The molecule has 0 unspecified atom stereocenters. The van der Waals surface area contributed by atoms with Crippen LogP contribution in [0, 0.1) is 6.92 Å². The van der Waals surface area contributed by atoms with E-state index in [1.807, 2.05) is 48.2 Å². The number of carbonyl (C=O) groups excluding carboxylic acids is 1. The fraction of sp³-hybridized carbons (Fsp3) is 0.389. The predicted octanol–water partition coefficient (Wildman–Crippen LogP) is 2.35. The van der Waals surface area contributed by atoms with Crippen molar-refractivity contribution in [3.63, 3.8) is 0 Å². The number of aromatic nitrogens is 2. The van der Waals surface area contributed by atoms with Crippen molar-refractivity contribution < 1.29 is 4.79 Å². The van der Waals surface area contributed by atoms with Gasteiger partial charge in [-0.3, -0.25) is 4.79 Å². The number of amides is 1. The number of anilines is 2. The molecule has 6 heteroatoms. The maximum absolute atomic E-state index is 12.8. The van der Waals surface area contributed by atoms with Crippen LogP contribution in [0.3, 0.4) is 0 Å². The molecule has 0 saturated carbocycles. The van der Waals surface area contributed by atoms with Crippen LogP contribution in [0.15, 0.2) is 36.4 Å². The van der Waals surface area contributed by atoms with E-state index in [9.17, 15) is 4.79 Å². The Hall–Kier alpha value is -2.47. The molecule has 1 aromatic heterocycles. The molecular weight excluding hydrogens is 302 g/mol. The van der Waals surface area contributed by atoms with Gasteiger partial charge >= 0.3 is 0 Å². The van der Waals surface area contributed by atoms with Gasteiger partial charge in [0.15, 0.2) is 5.82 Å². The highest BCUT2D eigenvalue weighted by atomic mass is 16.2. The van der Waals surface area contributed by atoms with Crippen LogP contribution in [-0.2, 0) is 0 Å². The van der Waals surface area contributed by atoms with Crippen LogP contribution in [0.2, 0.25) is 0 Å². The van der Waals surface area contributed by atoms with Gasteiger partial charge in [-0.15, -0.1) is 5.10 Å². The second kappa shape index (κ2) is 6.97. The third kappa shape index (κ3) is 3.89. The molecule has 2 aromatic rings. The van der Waals surface area contributed by atoms with Gasteiger partial charge < -0.3 is 15.5 Å². The van der Waals surface area contributed by atoms with Crippen LogP contribution in [0.25, 0.3) is 0 Å². The van der Waals surface area contributed by atoms with Crippen LogP contribution in [0.4, 0.5) is 11.5 Å². The first kappa shape index (κ1) is 16.4. The standard InChI is InChI=1S/C18H23N5O/c1-12-7-8-17(22-21-12)20-16-6-4-5-15(9-16)18(24)23-10-13(2)19-14(3)11-23/h4-9,13-14,19H,10-11H2,1-3H3,(H,20,22)/t13-,14+. The molecule has 1 fully saturated rings. The first-order valence-corrected chi connectivity index (χ1v) is 8.24. The lowest BCUT2D eigenvalue weighted by Crippen LogP contribution is -2.55. The van der Waals surface area contributed by atoms with Gasteiger partial charge in [0.05, 0.1) is 5.69 Å². The number of hydrogen-bond acceptors (Lipinski definition) is 5. The minimum atomic E-state index is 0.0637. The molecule has 1 amide bonds. The fourth-order valence-electron chi connectivity index (χ4n) is 3.02. The Morgan fingerprint density at radius 2 is 1.92 bits per heavy atom. The first-order chi connectivity index (χ1) is 11.5. The minimum Gasteiger partial charge on any atom is -0.339 e. The lowest BCUT2D eigenvalue weighted by Gasteiger charge is -2.36. The lowest BCUT2D eigenvalue weighted by molar-refractivity contribution is 0.0674. The quantitative estimate of drug-likeness (QED) is 0.906. The van der Waals surface area contributed by atoms with E-state index in [2.05, 4.69) is 34.7 Å². The van der Waals surface area contributed by atoms with Gasteiger partial charge in [0.1, 0.15) is 0 Å². The Morgan fingerprint density at radius 3 is 2.58 bits per heavy atom. The van der Waals surface area contributed by atoms with Gasteiger partial charge in [-0.05, 0) is 51.1 Å². The number of nitrogens with zero attached hydrogens (tertiary/aromatic N) is 3. The summed E-state index contributed by atoms with van der Waals surface area (Å²) in [6.07, 6.45) is 0. The highest BCUT2D eigenvalue weighted by molar-refractivity contribution is 5.95. The molecule has 1 saturated heterocycles. The summed E-state index contributed by atoms with van der Waals surface area (Å²) in [6, 6.07) is 11.9. The molecule has 6 nitrogen and oxygen atoms in total. The summed E-state index contributed by atoms with van der Waals surface area (Å²) in [5, 5.41) is 14.8. The molecule has 126 valence electrons. The van der Waals surface area contributed by atoms with Crippen LogP contribution in [0.1, 0.15) is 29.9 Å². The van der Waals surface area contributed by atoms with Crippen molar-refractivity contribution in [2.24, 2.45) is 0 Å². The topological polar surface area (TPSA) is 70.2 Å². The van der Waals surface area contributed by atoms with Crippen LogP contribution in [-0.4, -0.2) is 46.2 Å². The summed E-state index contributed by atoms with van der Waals surface area (Å²) in [4.78, 5) is 14.7. The lowest BCUT2D eigenvalue weighted by atomic mass is 10.1. The third-order valence-electron chi connectivity index (χ3n) is 4.02. The summed E-state index contributed by atoms with van der Waals surface area (Å²) in [7, 11) is 0. The molecule has 1 aliphatic heterocycles. The molecule has 2 heterocycles. The maximum atomic E-state index is 12.8. The van der Waals surface area contributed by atoms with E-state index < -0.39 is 0 Å². The number of aryl methyl sites for hydroxylation is 1. The Morgan fingerprint density at radius 1 is 1.17 bits per heavy atom. The van der Waals surface area contributed by atoms with Gasteiger partial charge in [-0.1, -0.05) is 6.07 Å². The SMILES string of the molecule is Cc1ccc(Nc2cccc(C(=O)N3C[C@@H](C)N[C@@H](C)C3)c2)nn1. The summed E-state index contributed by atoms with van der Waals surface area (Å²) >= 11 is 0. The molecule has 0 aliphatic carbocycles. The van der Waals surface area contributed by atoms with E-state index in [0.717, 1.165) is 24.5 Å². The summed E-state index contributed by atoms with van der Waals surface area (Å²) < 4.78 is 0. The first-order valence-electron chi connectivity index (χ1n) is 8.24. The molecule has 2 N–H and O–H groups in total. The average molecular weight is 325 g/mol. The molecule has 24 heavy (non-hydrogen) atoms. The maximum Gasteiger partial charge on any atom is 0.254 e. The number of benzene rings is 1. The van der Waals surface area contributed by atoms with Gasteiger partial charge in [0.2, 0.25) is 0 Å². The number of rotatable bonds is 3. The summed E-state index contributed by atoms with van der Waals surface area (Å²) in [6.45, 7) is 7.55. The third-order valence-corrected chi connectivity index (χ3v) is 4.02. The summed E-state index contributed by atoms with van der Waals surface area (Å²) in [5.41, 5.74) is 2.38. The van der Waals surface area contributed by atoms with Crippen LogP contribution in [0.5, 0.6) is 0 Å². The van der Waals surface area contributed by atoms with Crippen molar-refractivity contribution in [2.75, 3.05) is 18.4 Å². The zero-order valence-corrected chi connectivity index (χ0v) is 14.3. The molecular formula is C18H23N5O. The van der Waals surface area contributed by atoms with E-state index in [-0.39, 0.29) is 5.91 Å². The molecule has 1 aromatic carbocycles. The average Bonchev–Trinajstić information content (AvgIpc) is 2.56. The normalized spacial score (nSPS) is 20.7. The van der Waals surface area contributed by atoms with Gasteiger partial charge in [0, 0.05) is 36.4 Å². The Balaban J connectivity index is 1.74. The Labute approximate surface area is 142 Å². The fourth-order valence-corrected chi connectivity index (χ4v) is 3.02. The smallest absolute Gasteiger partial charge is 0.254 e. The molecule has 1 aliphatic rings. The molecule has 0 bridgehead atoms. The van der Waals surface area contributed by atoms with Gasteiger partial charge in [-0.2, -0.15) is 5.10 Å². The molecule has 0 spiro atoms. The number of piperazine rings is 1. The highest BCUT2D eigenvalue weighted by Crippen LogP contribution is 2.18. The van der Waals surface area contributed by atoms with Gasteiger partial charge in [0.25, 0.3) is 5.91 Å². The monoisotopic (exact) mass is 325 g/mol.